The van der Waals surface area contributed by atoms with Gasteiger partial charge in [-0.15, -0.1) is 0 Å². The Bertz CT molecular complexity index is 611. The molecule has 0 radical (unpaired) electrons. The van der Waals surface area contributed by atoms with Gasteiger partial charge in [-0.3, -0.25) is 4.90 Å². The molecule has 0 unspecified atom stereocenters. The highest BCUT2D eigenvalue weighted by Crippen LogP contribution is 2.23. The first-order valence-corrected chi connectivity index (χ1v) is 7.71. The number of pyridine rings is 1. The van der Waals surface area contributed by atoms with E-state index in [0.29, 0.717) is 6.61 Å². The summed E-state index contributed by atoms with van der Waals surface area (Å²) in [5, 5.41) is 0. The average Bonchev–Trinajstić information content (AvgIpc) is 2.84. The first-order chi connectivity index (χ1) is 10.8. The fourth-order valence-corrected chi connectivity index (χ4v) is 2.87. The molecule has 2 aromatic heterocycles. The number of aromatic nitrogens is 1. The van der Waals surface area contributed by atoms with Crippen molar-refractivity contribution >= 4 is 5.82 Å². The lowest BCUT2D eigenvalue weighted by Crippen LogP contribution is -2.33. The van der Waals surface area contributed by atoms with Gasteiger partial charge >= 0.3 is 0 Å². The molecule has 5 heteroatoms. The van der Waals surface area contributed by atoms with Gasteiger partial charge in [0.05, 0.1) is 13.2 Å². The van der Waals surface area contributed by atoms with E-state index < -0.39 is 0 Å². The standard InChI is InChI=1S/C17H23N3O2/c1-14-5-6-16(22-14)13-19-8-9-20(10-11-21-2)17-15(12-19)4-3-7-18-17/h3-7H,8-13H2,1-2H3. The Morgan fingerprint density at radius 2 is 2.18 bits per heavy atom. The molecule has 118 valence electrons. The lowest BCUT2D eigenvalue weighted by Gasteiger charge is -2.23. The van der Waals surface area contributed by atoms with Crippen molar-refractivity contribution < 1.29 is 9.15 Å². The molecule has 0 atom stereocenters. The molecule has 0 amide bonds. The summed E-state index contributed by atoms with van der Waals surface area (Å²) in [5.74, 6) is 3.07. The Hall–Kier alpha value is -1.85. The first kappa shape index (κ1) is 15.1. The first-order valence-electron chi connectivity index (χ1n) is 7.71. The molecular formula is C17H23N3O2. The molecule has 0 saturated carbocycles. The topological polar surface area (TPSA) is 41.7 Å². The summed E-state index contributed by atoms with van der Waals surface area (Å²) in [6, 6.07) is 8.25. The second kappa shape index (κ2) is 6.94. The van der Waals surface area contributed by atoms with E-state index in [1.807, 2.05) is 25.3 Å². The van der Waals surface area contributed by atoms with Gasteiger partial charge < -0.3 is 14.1 Å². The van der Waals surface area contributed by atoms with Crippen LogP contribution in [0.25, 0.3) is 0 Å². The van der Waals surface area contributed by atoms with E-state index in [9.17, 15) is 0 Å². The van der Waals surface area contributed by atoms with Crippen LogP contribution in [0, 0.1) is 6.92 Å². The predicted octanol–water partition coefficient (Wildman–Crippen LogP) is 2.45. The van der Waals surface area contributed by atoms with Crippen molar-refractivity contribution in [3.63, 3.8) is 0 Å². The van der Waals surface area contributed by atoms with Crippen LogP contribution in [0.2, 0.25) is 0 Å². The maximum Gasteiger partial charge on any atom is 0.133 e. The molecule has 2 aromatic rings. The van der Waals surface area contributed by atoms with Gasteiger partial charge in [0, 0.05) is 45.0 Å². The summed E-state index contributed by atoms with van der Waals surface area (Å²) < 4.78 is 10.9. The third-order valence-electron chi connectivity index (χ3n) is 3.99. The average molecular weight is 301 g/mol. The molecule has 0 saturated heterocycles. The van der Waals surface area contributed by atoms with E-state index in [0.717, 1.165) is 50.1 Å². The second-order valence-electron chi connectivity index (χ2n) is 5.69. The van der Waals surface area contributed by atoms with Crippen LogP contribution >= 0.6 is 0 Å². The van der Waals surface area contributed by atoms with Gasteiger partial charge in [-0.25, -0.2) is 4.98 Å². The van der Waals surface area contributed by atoms with E-state index >= 15 is 0 Å². The molecule has 0 spiro atoms. The summed E-state index contributed by atoms with van der Waals surface area (Å²) in [6.07, 6.45) is 1.87. The molecule has 5 nitrogen and oxygen atoms in total. The molecule has 0 aromatic carbocycles. The smallest absolute Gasteiger partial charge is 0.133 e. The number of methoxy groups -OCH3 is 1. The van der Waals surface area contributed by atoms with Crippen molar-refractivity contribution in [2.45, 2.75) is 20.0 Å². The molecule has 0 aliphatic carbocycles. The molecule has 0 bridgehead atoms. The van der Waals surface area contributed by atoms with Gasteiger partial charge in [-0.1, -0.05) is 6.07 Å². The van der Waals surface area contributed by atoms with E-state index in [1.54, 1.807) is 7.11 Å². The number of rotatable bonds is 5. The summed E-state index contributed by atoms with van der Waals surface area (Å²) in [4.78, 5) is 9.30. The van der Waals surface area contributed by atoms with Crippen LogP contribution < -0.4 is 4.90 Å². The highest BCUT2D eigenvalue weighted by atomic mass is 16.5. The normalized spacial score (nSPS) is 15.6. The third-order valence-corrected chi connectivity index (χ3v) is 3.99. The maximum atomic E-state index is 5.72. The SMILES string of the molecule is COCCN1CCN(Cc2ccc(C)o2)Cc2cccnc21. The van der Waals surface area contributed by atoms with Crippen LogP contribution in [-0.2, 0) is 17.8 Å². The Labute approximate surface area is 131 Å². The zero-order valence-electron chi connectivity index (χ0n) is 13.3. The number of furan rings is 1. The van der Waals surface area contributed by atoms with Crippen molar-refractivity contribution in [2.75, 3.05) is 38.3 Å². The molecule has 1 aliphatic heterocycles. The number of hydrogen-bond acceptors (Lipinski definition) is 5. The largest absolute Gasteiger partial charge is 0.465 e. The van der Waals surface area contributed by atoms with Gasteiger partial charge in [0.15, 0.2) is 0 Å². The number of ether oxygens (including phenoxy) is 1. The number of fused-ring (bicyclic) bond motifs is 1. The number of nitrogens with zero attached hydrogens (tertiary/aromatic N) is 3. The van der Waals surface area contributed by atoms with Crippen LogP contribution in [0.3, 0.4) is 0 Å². The molecule has 22 heavy (non-hydrogen) atoms. The van der Waals surface area contributed by atoms with Crippen LogP contribution in [0.15, 0.2) is 34.9 Å². The molecule has 3 heterocycles. The number of hydrogen-bond donors (Lipinski definition) is 0. The van der Waals surface area contributed by atoms with Gasteiger partial charge in [0.1, 0.15) is 17.3 Å². The fourth-order valence-electron chi connectivity index (χ4n) is 2.87. The van der Waals surface area contributed by atoms with Crippen molar-refractivity contribution in [1.29, 1.82) is 0 Å². The minimum Gasteiger partial charge on any atom is -0.465 e. The van der Waals surface area contributed by atoms with E-state index in [-0.39, 0.29) is 0 Å². The zero-order chi connectivity index (χ0) is 15.4. The Kier molecular flexibility index (Phi) is 4.75. The minimum absolute atomic E-state index is 0.716. The summed E-state index contributed by atoms with van der Waals surface area (Å²) in [7, 11) is 1.74. The van der Waals surface area contributed by atoms with E-state index in [2.05, 4.69) is 26.9 Å². The lowest BCUT2D eigenvalue weighted by molar-refractivity contribution is 0.203. The number of aryl methyl sites for hydroxylation is 1. The van der Waals surface area contributed by atoms with Crippen molar-refractivity contribution in [3.8, 4) is 0 Å². The monoisotopic (exact) mass is 301 g/mol. The van der Waals surface area contributed by atoms with E-state index in [4.69, 9.17) is 9.15 Å². The summed E-state index contributed by atoms with van der Waals surface area (Å²) in [6.45, 7) is 7.23. The zero-order valence-corrected chi connectivity index (χ0v) is 13.3. The maximum absolute atomic E-state index is 5.72. The van der Waals surface area contributed by atoms with Crippen molar-refractivity contribution in [3.05, 3.63) is 47.5 Å². The van der Waals surface area contributed by atoms with Crippen LogP contribution in [0.4, 0.5) is 5.82 Å². The molecule has 1 aliphatic rings. The highest BCUT2D eigenvalue weighted by molar-refractivity contribution is 5.47. The second-order valence-corrected chi connectivity index (χ2v) is 5.69. The Morgan fingerprint density at radius 3 is 2.95 bits per heavy atom. The molecule has 0 N–H and O–H groups in total. The van der Waals surface area contributed by atoms with Crippen LogP contribution in [-0.4, -0.2) is 43.2 Å². The van der Waals surface area contributed by atoms with Gasteiger partial charge in [0.2, 0.25) is 0 Å². The van der Waals surface area contributed by atoms with Crippen molar-refractivity contribution in [1.82, 2.24) is 9.88 Å². The molecular weight excluding hydrogens is 278 g/mol. The lowest BCUT2D eigenvalue weighted by atomic mass is 10.2. The number of anilines is 1. The van der Waals surface area contributed by atoms with Gasteiger partial charge in [-0.05, 0) is 25.1 Å². The van der Waals surface area contributed by atoms with Gasteiger partial charge in [-0.2, -0.15) is 0 Å². The highest BCUT2D eigenvalue weighted by Gasteiger charge is 2.21. The molecule has 3 rings (SSSR count). The molecule has 0 fully saturated rings. The quantitative estimate of drug-likeness (QED) is 0.848. The Morgan fingerprint density at radius 1 is 1.27 bits per heavy atom. The predicted molar refractivity (Wildman–Crippen MR) is 85.9 cm³/mol. The van der Waals surface area contributed by atoms with Crippen molar-refractivity contribution in [2.24, 2.45) is 0 Å². The van der Waals surface area contributed by atoms with Gasteiger partial charge in [0.25, 0.3) is 0 Å². The van der Waals surface area contributed by atoms with Crippen LogP contribution in [0.5, 0.6) is 0 Å². The fraction of sp³-hybridized carbons (Fsp3) is 0.471. The Balaban J connectivity index is 1.75. The minimum atomic E-state index is 0.716. The summed E-state index contributed by atoms with van der Waals surface area (Å²) in [5.41, 5.74) is 1.26. The van der Waals surface area contributed by atoms with E-state index in [1.165, 1.54) is 5.56 Å². The third kappa shape index (κ3) is 3.48. The summed E-state index contributed by atoms with van der Waals surface area (Å²) >= 11 is 0. The van der Waals surface area contributed by atoms with Crippen LogP contribution in [0.1, 0.15) is 17.1 Å².